The molecule has 6 heteroatoms. The van der Waals surface area contributed by atoms with Crippen molar-refractivity contribution in [2.75, 3.05) is 12.4 Å². The first kappa shape index (κ1) is 15.5. The van der Waals surface area contributed by atoms with Gasteiger partial charge in [-0.3, -0.25) is 10.1 Å². The molecular formula is C16H16FN3O2. The Morgan fingerprint density at radius 1 is 1.00 bits per heavy atom. The molecular weight excluding hydrogens is 285 g/mol. The minimum atomic E-state index is -0.774. The second-order valence-electron chi connectivity index (χ2n) is 4.56. The molecule has 114 valence electrons. The Bertz CT molecular complexity index is 644. The zero-order chi connectivity index (χ0) is 15.9. The van der Waals surface area contributed by atoms with Gasteiger partial charge in [0.05, 0.1) is 0 Å². The average Bonchev–Trinajstić information content (AvgIpc) is 2.54. The highest BCUT2D eigenvalue weighted by Gasteiger charge is 2.21. The number of hydrogen-bond acceptors (Lipinski definition) is 3. The lowest BCUT2D eigenvalue weighted by Crippen LogP contribution is -2.42. The van der Waals surface area contributed by atoms with Crippen LogP contribution in [-0.2, 0) is 4.79 Å². The zero-order valence-corrected chi connectivity index (χ0v) is 12.0. The zero-order valence-electron chi connectivity index (χ0n) is 12.0. The Hall–Kier alpha value is -2.89. The van der Waals surface area contributed by atoms with E-state index in [1.165, 1.54) is 31.3 Å². The van der Waals surface area contributed by atoms with Crippen LogP contribution in [0.5, 0.6) is 0 Å². The number of anilines is 1. The molecule has 2 rings (SSSR count). The standard InChI is InChI=1S/C16H16FN3O2/c1-18-16(22)20-15(21)14(11-5-3-2-4-6-11)19-13-9-7-12(17)8-10-13/h2-10,14,19H,1H3,(H2,18,20,21,22)/t14-/m1/s1. The van der Waals surface area contributed by atoms with E-state index >= 15 is 0 Å². The maximum atomic E-state index is 13.0. The average molecular weight is 301 g/mol. The van der Waals surface area contributed by atoms with Gasteiger partial charge in [-0.25, -0.2) is 9.18 Å². The minimum Gasteiger partial charge on any atom is -0.370 e. The monoisotopic (exact) mass is 301 g/mol. The predicted octanol–water partition coefficient (Wildman–Crippen LogP) is 2.43. The van der Waals surface area contributed by atoms with Crippen LogP contribution in [0.2, 0.25) is 0 Å². The van der Waals surface area contributed by atoms with Gasteiger partial charge < -0.3 is 10.6 Å². The number of carbonyl (C=O) groups is 2. The molecule has 0 bridgehead atoms. The molecule has 0 aromatic heterocycles. The Kier molecular flexibility index (Phi) is 5.08. The third-order valence-electron chi connectivity index (χ3n) is 3.01. The highest BCUT2D eigenvalue weighted by molar-refractivity contribution is 5.98. The van der Waals surface area contributed by atoms with Crippen LogP contribution in [0.3, 0.4) is 0 Å². The Labute approximate surface area is 127 Å². The van der Waals surface area contributed by atoms with Gasteiger partial charge >= 0.3 is 6.03 Å². The van der Waals surface area contributed by atoms with Crippen molar-refractivity contribution in [3.05, 3.63) is 66.0 Å². The largest absolute Gasteiger partial charge is 0.370 e. The lowest BCUT2D eigenvalue weighted by Gasteiger charge is -2.19. The molecule has 0 saturated carbocycles. The van der Waals surface area contributed by atoms with E-state index < -0.39 is 18.0 Å². The van der Waals surface area contributed by atoms with E-state index in [2.05, 4.69) is 16.0 Å². The van der Waals surface area contributed by atoms with Crippen molar-refractivity contribution in [2.45, 2.75) is 6.04 Å². The number of rotatable bonds is 4. The Morgan fingerprint density at radius 3 is 2.23 bits per heavy atom. The molecule has 0 aliphatic heterocycles. The van der Waals surface area contributed by atoms with Gasteiger partial charge in [0.1, 0.15) is 11.9 Å². The molecule has 0 aliphatic carbocycles. The number of nitrogens with one attached hydrogen (secondary N) is 3. The van der Waals surface area contributed by atoms with Gasteiger partial charge in [-0.15, -0.1) is 0 Å². The third kappa shape index (κ3) is 4.05. The fraction of sp³-hybridized carbons (Fsp3) is 0.125. The van der Waals surface area contributed by atoms with E-state index in [0.717, 1.165) is 0 Å². The van der Waals surface area contributed by atoms with Crippen molar-refractivity contribution in [3.8, 4) is 0 Å². The first-order chi connectivity index (χ1) is 10.6. The molecule has 3 N–H and O–H groups in total. The summed E-state index contributed by atoms with van der Waals surface area (Å²) in [6, 6.07) is 13.2. The van der Waals surface area contributed by atoms with Crippen molar-refractivity contribution in [1.29, 1.82) is 0 Å². The van der Waals surface area contributed by atoms with Gasteiger partial charge in [0.25, 0.3) is 5.91 Å². The van der Waals surface area contributed by atoms with Crippen LogP contribution in [0.25, 0.3) is 0 Å². The molecule has 0 saturated heterocycles. The van der Waals surface area contributed by atoms with Gasteiger partial charge in [-0.05, 0) is 29.8 Å². The fourth-order valence-corrected chi connectivity index (χ4v) is 1.91. The fourth-order valence-electron chi connectivity index (χ4n) is 1.91. The number of amides is 3. The predicted molar refractivity (Wildman–Crippen MR) is 81.8 cm³/mol. The lowest BCUT2D eigenvalue weighted by molar-refractivity contribution is -0.120. The number of halogens is 1. The highest BCUT2D eigenvalue weighted by Crippen LogP contribution is 2.20. The molecule has 5 nitrogen and oxygen atoms in total. The van der Waals surface area contributed by atoms with E-state index in [1.807, 2.05) is 6.07 Å². The maximum absolute atomic E-state index is 13.0. The van der Waals surface area contributed by atoms with Crippen molar-refractivity contribution in [3.63, 3.8) is 0 Å². The van der Waals surface area contributed by atoms with Crippen molar-refractivity contribution in [2.24, 2.45) is 0 Å². The summed E-state index contributed by atoms with van der Waals surface area (Å²) >= 11 is 0. The summed E-state index contributed by atoms with van der Waals surface area (Å²) in [6.45, 7) is 0. The number of benzene rings is 2. The van der Waals surface area contributed by atoms with E-state index in [9.17, 15) is 14.0 Å². The number of imide groups is 1. The molecule has 0 spiro atoms. The molecule has 2 aromatic carbocycles. The smallest absolute Gasteiger partial charge is 0.321 e. The Morgan fingerprint density at radius 2 is 1.64 bits per heavy atom. The van der Waals surface area contributed by atoms with Crippen molar-refractivity contribution in [1.82, 2.24) is 10.6 Å². The normalized spacial score (nSPS) is 11.4. The highest BCUT2D eigenvalue weighted by atomic mass is 19.1. The molecule has 1 atom stereocenters. The number of carbonyl (C=O) groups excluding carboxylic acids is 2. The molecule has 0 radical (unpaired) electrons. The number of urea groups is 1. The molecule has 3 amide bonds. The maximum Gasteiger partial charge on any atom is 0.321 e. The summed E-state index contributed by atoms with van der Waals surface area (Å²) in [5.74, 6) is -0.869. The minimum absolute atomic E-state index is 0.364. The van der Waals surface area contributed by atoms with E-state index in [4.69, 9.17) is 0 Å². The van der Waals surface area contributed by atoms with E-state index in [0.29, 0.717) is 11.3 Å². The quantitative estimate of drug-likeness (QED) is 0.812. The van der Waals surface area contributed by atoms with Crippen LogP contribution in [0.15, 0.2) is 54.6 Å². The molecule has 2 aromatic rings. The molecule has 22 heavy (non-hydrogen) atoms. The van der Waals surface area contributed by atoms with Crippen LogP contribution < -0.4 is 16.0 Å². The number of hydrogen-bond donors (Lipinski definition) is 3. The summed E-state index contributed by atoms with van der Waals surface area (Å²) in [5, 5.41) is 7.55. The lowest BCUT2D eigenvalue weighted by atomic mass is 10.1. The van der Waals surface area contributed by atoms with Crippen LogP contribution in [-0.4, -0.2) is 19.0 Å². The summed E-state index contributed by atoms with van der Waals surface area (Å²) < 4.78 is 13.0. The van der Waals surface area contributed by atoms with Crippen molar-refractivity contribution < 1.29 is 14.0 Å². The van der Waals surface area contributed by atoms with E-state index in [1.54, 1.807) is 24.3 Å². The molecule has 0 heterocycles. The van der Waals surface area contributed by atoms with Gasteiger partial charge in [-0.1, -0.05) is 30.3 Å². The van der Waals surface area contributed by atoms with Gasteiger partial charge in [-0.2, -0.15) is 0 Å². The summed E-state index contributed by atoms with van der Waals surface area (Å²) in [7, 11) is 1.42. The van der Waals surface area contributed by atoms with Crippen molar-refractivity contribution >= 4 is 17.6 Å². The molecule has 0 unspecified atom stereocenters. The van der Waals surface area contributed by atoms with Crippen LogP contribution in [0.4, 0.5) is 14.9 Å². The topological polar surface area (TPSA) is 70.2 Å². The van der Waals surface area contributed by atoms with Gasteiger partial charge in [0.15, 0.2) is 0 Å². The van der Waals surface area contributed by atoms with Crippen LogP contribution >= 0.6 is 0 Å². The molecule has 0 aliphatic rings. The SMILES string of the molecule is CNC(=O)NC(=O)[C@H](Nc1ccc(F)cc1)c1ccccc1. The second-order valence-corrected chi connectivity index (χ2v) is 4.56. The Balaban J connectivity index is 2.23. The van der Waals surface area contributed by atoms with Crippen LogP contribution in [0, 0.1) is 5.82 Å². The van der Waals surface area contributed by atoms with Gasteiger partial charge in [0, 0.05) is 12.7 Å². The first-order valence-electron chi connectivity index (χ1n) is 6.70. The third-order valence-corrected chi connectivity index (χ3v) is 3.01. The second kappa shape index (κ2) is 7.21. The molecule has 0 fully saturated rings. The summed E-state index contributed by atoms with van der Waals surface area (Å²) in [4.78, 5) is 23.6. The van der Waals surface area contributed by atoms with Gasteiger partial charge in [0.2, 0.25) is 0 Å². The first-order valence-corrected chi connectivity index (χ1v) is 6.70. The summed E-state index contributed by atoms with van der Waals surface area (Å²) in [6.07, 6.45) is 0. The van der Waals surface area contributed by atoms with E-state index in [-0.39, 0.29) is 5.82 Å². The van der Waals surface area contributed by atoms with Crippen LogP contribution in [0.1, 0.15) is 11.6 Å². The summed E-state index contributed by atoms with van der Waals surface area (Å²) in [5.41, 5.74) is 1.26.